The van der Waals surface area contributed by atoms with Gasteiger partial charge in [-0.2, -0.15) is 0 Å². The van der Waals surface area contributed by atoms with Crippen molar-refractivity contribution in [2.24, 2.45) is 0 Å². The zero-order valence-corrected chi connectivity index (χ0v) is 16.1. The van der Waals surface area contributed by atoms with Gasteiger partial charge in [0.15, 0.2) is 0 Å². The Labute approximate surface area is 160 Å². The number of pyridine rings is 1. The maximum atomic E-state index is 12.8. The molecule has 1 saturated heterocycles. The number of carbonyl (C=O) groups is 2. The van der Waals surface area contributed by atoms with Crippen LogP contribution in [0.5, 0.6) is 0 Å². The predicted molar refractivity (Wildman–Crippen MR) is 106 cm³/mol. The first-order valence-corrected chi connectivity index (χ1v) is 9.30. The molecule has 6 heteroatoms. The SMILES string of the molecule is Cc1cccc(C(C)C)c1Nc1cncc(C(=O)N2CCN(C=O)CC2)c1. The molecule has 1 aliphatic heterocycles. The van der Waals surface area contributed by atoms with Crippen LogP contribution in [0.4, 0.5) is 11.4 Å². The first-order valence-electron chi connectivity index (χ1n) is 9.30. The van der Waals surface area contributed by atoms with Gasteiger partial charge in [0.1, 0.15) is 0 Å². The van der Waals surface area contributed by atoms with Crippen LogP contribution in [0.25, 0.3) is 0 Å². The predicted octanol–water partition coefficient (Wildman–Crippen LogP) is 3.17. The summed E-state index contributed by atoms with van der Waals surface area (Å²) < 4.78 is 0. The Bertz CT molecular complexity index is 827. The lowest BCUT2D eigenvalue weighted by Gasteiger charge is -2.32. The summed E-state index contributed by atoms with van der Waals surface area (Å²) in [6, 6.07) is 8.10. The third-order valence-electron chi connectivity index (χ3n) is 4.93. The standard InChI is InChI=1S/C21H26N4O2/c1-15(2)19-6-4-5-16(3)20(19)23-18-11-17(12-22-13-18)21(27)25-9-7-24(14-26)8-10-25/h4-6,11-15,23H,7-10H2,1-3H3. The summed E-state index contributed by atoms with van der Waals surface area (Å²) in [5.41, 5.74) is 4.81. The van der Waals surface area contributed by atoms with E-state index in [-0.39, 0.29) is 5.91 Å². The Kier molecular flexibility index (Phi) is 5.74. The summed E-state index contributed by atoms with van der Waals surface area (Å²) in [5, 5.41) is 3.45. The zero-order chi connectivity index (χ0) is 19.4. The van der Waals surface area contributed by atoms with Crippen LogP contribution in [0, 0.1) is 6.92 Å². The highest BCUT2D eigenvalue weighted by molar-refractivity contribution is 5.95. The molecular weight excluding hydrogens is 340 g/mol. The molecule has 2 amide bonds. The molecule has 1 fully saturated rings. The Morgan fingerprint density at radius 2 is 1.93 bits per heavy atom. The number of nitrogens with one attached hydrogen (secondary N) is 1. The van der Waals surface area contributed by atoms with Crippen molar-refractivity contribution < 1.29 is 9.59 Å². The van der Waals surface area contributed by atoms with E-state index in [9.17, 15) is 9.59 Å². The Morgan fingerprint density at radius 3 is 2.59 bits per heavy atom. The van der Waals surface area contributed by atoms with Crippen molar-refractivity contribution in [1.82, 2.24) is 14.8 Å². The van der Waals surface area contributed by atoms with Crippen molar-refractivity contribution in [3.05, 3.63) is 53.3 Å². The summed E-state index contributed by atoms with van der Waals surface area (Å²) in [6.07, 6.45) is 4.17. The van der Waals surface area contributed by atoms with Gasteiger partial charge in [0, 0.05) is 38.1 Å². The third-order valence-corrected chi connectivity index (χ3v) is 4.93. The number of aromatic nitrogens is 1. The van der Waals surface area contributed by atoms with E-state index in [2.05, 4.69) is 49.3 Å². The first kappa shape index (κ1) is 18.9. The number of para-hydroxylation sites is 1. The molecule has 0 radical (unpaired) electrons. The molecule has 1 aromatic heterocycles. The molecule has 1 aromatic carbocycles. The fraction of sp³-hybridized carbons (Fsp3) is 0.381. The van der Waals surface area contributed by atoms with Gasteiger partial charge in [0.05, 0.1) is 17.4 Å². The van der Waals surface area contributed by atoms with Crippen molar-refractivity contribution >= 4 is 23.7 Å². The van der Waals surface area contributed by atoms with Crippen LogP contribution in [-0.2, 0) is 4.79 Å². The molecule has 3 rings (SSSR count). The molecule has 142 valence electrons. The minimum absolute atomic E-state index is 0.0504. The van der Waals surface area contributed by atoms with Crippen LogP contribution in [0.2, 0.25) is 0 Å². The van der Waals surface area contributed by atoms with Crippen LogP contribution in [-0.4, -0.2) is 53.3 Å². The number of hydrogen-bond donors (Lipinski definition) is 1. The van der Waals surface area contributed by atoms with Crippen molar-refractivity contribution in [2.45, 2.75) is 26.7 Å². The molecule has 27 heavy (non-hydrogen) atoms. The van der Waals surface area contributed by atoms with Gasteiger partial charge in [-0.05, 0) is 30.0 Å². The number of aryl methyl sites for hydroxylation is 1. The second-order valence-corrected chi connectivity index (χ2v) is 7.21. The van der Waals surface area contributed by atoms with Crippen LogP contribution < -0.4 is 5.32 Å². The van der Waals surface area contributed by atoms with Gasteiger partial charge in [-0.15, -0.1) is 0 Å². The van der Waals surface area contributed by atoms with Crippen LogP contribution in [0.1, 0.15) is 41.3 Å². The lowest BCUT2D eigenvalue weighted by Crippen LogP contribution is -2.48. The van der Waals surface area contributed by atoms with E-state index in [1.807, 2.05) is 6.07 Å². The Morgan fingerprint density at radius 1 is 1.19 bits per heavy atom. The van der Waals surface area contributed by atoms with Crippen LogP contribution in [0.3, 0.4) is 0 Å². The average molecular weight is 366 g/mol. The normalized spacial score (nSPS) is 14.4. The second kappa shape index (κ2) is 8.20. The minimum atomic E-state index is -0.0504. The van der Waals surface area contributed by atoms with E-state index >= 15 is 0 Å². The zero-order valence-electron chi connectivity index (χ0n) is 16.1. The third kappa shape index (κ3) is 4.27. The summed E-state index contributed by atoms with van der Waals surface area (Å²) >= 11 is 0. The van der Waals surface area contributed by atoms with Gasteiger partial charge in [-0.3, -0.25) is 14.6 Å². The highest BCUT2D eigenvalue weighted by atomic mass is 16.2. The van der Waals surface area contributed by atoms with E-state index < -0.39 is 0 Å². The van der Waals surface area contributed by atoms with Crippen molar-refractivity contribution in [3.63, 3.8) is 0 Å². The van der Waals surface area contributed by atoms with Crippen molar-refractivity contribution in [3.8, 4) is 0 Å². The number of anilines is 2. The fourth-order valence-electron chi connectivity index (χ4n) is 3.32. The number of piperazine rings is 1. The van der Waals surface area contributed by atoms with E-state index in [0.717, 1.165) is 23.3 Å². The molecule has 1 aliphatic rings. The van der Waals surface area contributed by atoms with Gasteiger partial charge >= 0.3 is 0 Å². The molecule has 0 spiro atoms. The van der Waals surface area contributed by atoms with Gasteiger partial charge in [-0.1, -0.05) is 32.0 Å². The van der Waals surface area contributed by atoms with Crippen molar-refractivity contribution in [1.29, 1.82) is 0 Å². The fourth-order valence-corrected chi connectivity index (χ4v) is 3.32. The quantitative estimate of drug-likeness (QED) is 0.826. The summed E-state index contributed by atoms with van der Waals surface area (Å²) in [7, 11) is 0. The summed E-state index contributed by atoms with van der Waals surface area (Å²) in [5.74, 6) is 0.338. The van der Waals surface area contributed by atoms with Gasteiger partial charge in [0.25, 0.3) is 5.91 Å². The molecule has 0 unspecified atom stereocenters. The maximum absolute atomic E-state index is 12.8. The Balaban J connectivity index is 1.79. The lowest BCUT2D eigenvalue weighted by atomic mass is 9.98. The Hall–Kier alpha value is -2.89. The lowest BCUT2D eigenvalue weighted by molar-refractivity contribution is -0.119. The number of nitrogens with zero attached hydrogens (tertiary/aromatic N) is 3. The molecule has 0 saturated carbocycles. The number of rotatable bonds is 5. The van der Waals surface area contributed by atoms with Gasteiger partial charge < -0.3 is 15.1 Å². The highest BCUT2D eigenvalue weighted by Gasteiger charge is 2.22. The monoisotopic (exact) mass is 366 g/mol. The minimum Gasteiger partial charge on any atom is -0.354 e. The van der Waals surface area contributed by atoms with Crippen LogP contribution >= 0.6 is 0 Å². The molecule has 0 bridgehead atoms. The van der Waals surface area contributed by atoms with Gasteiger partial charge in [-0.25, -0.2) is 0 Å². The number of hydrogen-bond acceptors (Lipinski definition) is 4. The summed E-state index contributed by atoms with van der Waals surface area (Å²) in [4.78, 5) is 31.3. The van der Waals surface area contributed by atoms with E-state index in [4.69, 9.17) is 0 Å². The van der Waals surface area contributed by atoms with E-state index in [1.54, 1.807) is 22.2 Å². The molecule has 2 heterocycles. The smallest absolute Gasteiger partial charge is 0.255 e. The molecule has 2 aromatic rings. The molecule has 0 atom stereocenters. The number of amides is 2. The van der Waals surface area contributed by atoms with Gasteiger partial charge in [0.2, 0.25) is 6.41 Å². The molecule has 0 aliphatic carbocycles. The van der Waals surface area contributed by atoms with E-state index in [0.29, 0.717) is 37.7 Å². The summed E-state index contributed by atoms with van der Waals surface area (Å²) in [6.45, 7) is 8.63. The molecule has 1 N–H and O–H groups in total. The maximum Gasteiger partial charge on any atom is 0.255 e. The first-order chi connectivity index (χ1) is 13.0. The molecule has 6 nitrogen and oxygen atoms in total. The highest BCUT2D eigenvalue weighted by Crippen LogP contribution is 2.30. The number of carbonyl (C=O) groups excluding carboxylic acids is 2. The second-order valence-electron chi connectivity index (χ2n) is 7.21. The van der Waals surface area contributed by atoms with Crippen LogP contribution in [0.15, 0.2) is 36.7 Å². The van der Waals surface area contributed by atoms with E-state index in [1.165, 1.54) is 5.56 Å². The molecular formula is C21H26N4O2. The largest absolute Gasteiger partial charge is 0.354 e. The average Bonchev–Trinajstić information content (AvgIpc) is 2.69. The topological polar surface area (TPSA) is 65.5 Å². The van der Waals surface area contributed by atoms with Crippen molar-refractivity contribution in [2.75, 3.05) is 31.5 Å². The number of benzene rings is 1.